The molecule has 1 unspecified atom stereocenters. The number of nitrogens with two attached hydrogens (primary N) is 2. The zero-order valence-electron chi connectivity index (χ0n) is 15.1. The number of nitrogen functional groups attached to an aromatic ring is 1. The highest BCUT2D eigenvalue weighted by atomic mass is 19.1. The number of aromatic amines is 1. The van der Waals surface area contributed by atoms with Gasteiger partial charge in [0.25, 0.3) is 0 Å². The maximum absolute atomic E-state index is 13.3. The van der Waals surface area contributed by atoms with Crippen molar-refractivity contribution in [2.24, 2.45) is 10.7 Å². The molecule has 0 radical (unpaired) electrons. The average Bonchev–Trinajstić information content (AvgIpc) is 3.14. The lowest BCUT2D eigenvalue weighted by Crippen LogP contribution is -2.23. The summed E-state index contributed by atoms with van der Waals surface area (Å²) in [6.07, 6.45) is 3.46. The fraction of sp³-hybridized carbons (Fsp3) is 0.158. The zero-order valence-corrected chi connectivity index (χ0v) is 15.1. The summed E-state index contributed by atoms with van der Waals surface area (Å²) in [6.45, 7) is 0.428. The second-order valence-electron chi connectivity index (χ2n) is 6.22. The van der Waals surface area contributed by atoms with Crippen LogP contribution in [0.5, 0.6) is 0 Å². The molecule has 0 aliphatic carbocycles. The third-order valence-corrected chi connectivity index (χ3v) is 4.42. The molecule has 9 heteroatoms. The fourth-order valence-corrected chi connectivity index (χ4v) is 3.04. The number of hydrogen-bond donors (Lipinski definition) is 3. The molecular formula is C19H18FN7O. The highest BCUT2D eigenvalue weighted by Crippen LogP contribution is 2.32. The Morgan fingerprint density at radius 3 is 2.64 bits per heavy atom. The second kappa shape index (κ2) is 7.10. The molecule has 142 valence electrons. The van der Waals surface area contributed by atoms with Gasteiger partial charge in [0.05, 0.1) is 25.0 Å². The van der Waals surface area contributed by atoms with E-state index in [1.54, 1.807) is 31.5 Å². The van der Waals surface area contributed by atoms with E-state index in [2.05, 4.69) is 19.9 Å². The van der Waals surface area contributed by atoms with Gasteiger partial charge in [0.1, 0.15) is 17.3 Å². The Hall–Kier alpha value is -3.75. The molecule has 28 heavy (non-hydrogen) atoms. The number of dihydropyridines is 1. The van der Waals surface area contributed by atoms with E-state index >= 15 is 0 Å². The third kappa shape index (κ3) is 3.29. The molecule has 0 saturated carbocycles. The second-order valence-corrected chi connectivity index (χ2v) is 6.22. The van der Waals surface area contributed by atoms with Gasteiger partial charge >= 0.3 is 0 Å². The summed E-state index contributed by atoms with van der Waals surface area (Å²) < 4.78 is 18.6. The van der Waals surface area contributed by atoms with Gasteiger partial charge in [0.2, 0.25) is 5.95 Å². The standard InChI is InChI=1S/C19H18FN7O/c1-28-14-8-11(9-24-17(14)21)15-16(13-6-7-23-19(22)25-13)27-18(26-15)10-2-4-12(20)5-3-10/h2-8,11H,9H2,1H3,(H2,21,24)(H,26,27)(H2,22,23,25). The first kappa shape index (κ1) is 17.7. The molecule has 0 spiro atoms. The fourth-order valence-electron chi connectivity index (χ4n) is 3.04. The molecule has 3 aromatic rings. The van der Waals surface area contributed by atoms with Crippen molar-refractivity contribution in [2.75, 3.05) is 19.4 Å². The van der Waals surface area contributed by atoms with Gasteiger partial charge in [-0.05, 0) is 36.4 Å². The van der Waals surface area contributed by atoms with E-state index in [-0.39, 0.29) is 17.7 Å². The summed E-state index contributed by atoms with van der Waals surface area (Å²) in [7, 11) is 1.54. The smallest absolute Gasteiger partial charge is 0.220 e. The van der Waals surface area contributed by atoms with Crippen LogP contribution in [0.2, 0.25) is 0 Å². The Balaban J connectivity index is 1.84. The van der Waals surface area contributed by atoms with Crippen LogP contribution in [0.1, 0.15) is 11.6 Å². The van der Waals surface area contributed by atoms with E-state index in [0.29, 0.717) is 35.4 Å². The van der Waals surface area contributed by atoms with Crippen LogP contribution in [-0.2, 0) is 4.74 Å². The van der Waals surface area contributed by atoms with Crippen molar-refractivity contribution in [1.82, 2.24) is 19.9 Å². The Labute approximate surface area is 160 Å². The van der Waals surface area contributed by atoms with Crippen LogP contribution in [0.4, 0.5) is 10.3 Å². The number of hydrogen-bond acceptors (Lipinski definition) is 7. The molecule has 0 saturated heterocycles. The third-order valence-electron chi connectivity index (χ3n) is 4.42. The van der Waals surface area contributed by atoms with E-state index < -0.39 is 0 Å². The number of H-pyrrole nitrogens is 1. The number of aromatic nitrogens is 4. The van der Waals surface area contributed by atoms with Crippen LogP contribution in [0.3, 0.4) is 0 Å². The van der Waals surface area contributed by atoms with Crippen molar-refractivity contribution in [3.8, 4) is 22.8 Å². The lowest BCUT2D eigenvalue weighted by atomic mass is 9.99. The van der Waals surface area contributed by atoms with Crippen LogP contribution in [0.15, 0.2) is 53.4 Å². The topological polar surface area (TPSA) is 128 Å². The van der Waals surface area contributed by atoms with Gasteiger partial charge in [-0.25, -0.2) is 19.3 Å². The van der Waals surface area contributed by atoms with E-state index in [9.17, 15) is 4.39 Å². The van der Waals surface area contributed by atoms with Crippen LogP contribution in [0, 0.1) is 5.82 Å². The Bertz CT molecular complexity index is 1070. The number of aliphatic imine (C=N–C) groups is 1. The predicted octanol–water partition coefficient (Wildman–Crippen LogP) is 2.24. The Morgan fingerprint density at radius 2 is 1.93 bits per heavy atom. The zero-order chi connectivity index (χ0) is 19.7. The molecule has 1 aliphatic heterocycles. The summed E-state index contributed by atoms with van der Waals surface area (Å²) in [5.74, 6) is 1.11. The van der Waals surface area contributed by atoms with E-state index in [1.807, 2.05) is 6.08 Å². The maximum Gasteiger partial charge on any atom is 0.220 e. The molecule has 4 rings (SSSR count). The lowest BCUT2D eigenvalue weighted by molar-refractivity contribution is 0.309. The number of amidine groups is 1. The summed E-state index contributed by atoms with van der Waals surface area (Å²) >= 11 is 0. The van der Waals surface area contributed by atoms with Gasteiger partial charge < -0.3 is 21.2 Å². The Morgan fingerprint density at radius 1 is 1.14 bits per heavy atom. The molecular weight excluding hydrogens is 361 g/mol. The number of imidazole rings is 1. The quantitative estimate of drug-likeness (QED) is 0.638. The largest absolute Gasteiger partial charge is 0.493 e. The minimum atomic E-state index is -0.316. The van der Waals surface area contributed by atoms with E-state index in [0.717, 1.165) is 11.3 Å². The molecule has 0 bridgehead atoms. The van der Waals surface area contributed by atoms with Gasteiger partial charge in [0, 0.05) is 17.7 Å². The van der Waals surface area contributed by atoms with E-state index in [4.69, 9.17) is 21.2 Å². The van der Waals surface area contributed by atoms with Crippen LogP contribution in [-0.4, -0.2) is 39.4 Å². The van der Waals surface area contributed by atoms with Gasteiger partial charge in [0.15, 0.2) is 11.6 Å². The SMILES string of the molecule is COC1=CC(c2[nH]c(-c3ccc(F)cc3)nc2-c2ccnc(N)n2)CN=C1N. The molecule has 1 aromatic carbocycles. The average molecular weight is 379 g/mol. The molecule has 5 N–H and O–H groups in total. The highest BCUT2D eigenvalue weighted by Gasteiger charge is 2.25. The lowest BCUT2D eigenvalue weighted by Gasteiger charge is -2.18. The first-order valence-electron chi connectivity index (χ1n) is 8.56. The maximum atomic E-state index is 13.3. The molecule has 0 fully saturated rings. The van der Waals surface area contributed by atoms with Gasteiger partial charge in [-0.1, -0.05) is 0 Å². The predicted molar refractivity (Wildman–Crippen MR) is 104 cm³/mol. The summed E-state index contributed by atoms with van der Waals surface area (Å²) in [4.78, 5) is 20.6. The summed E-state index contributed by atoms with van der Waals surface area (Å²) in [6, 6.07) is 7.81. The first-order valence-corrected chi connectivity index (χ1v) is 8.56. The van der Waals surface area contributed by atoms with Gasteiger partial charge in [-0.3, -0.25) is 4.99 Å². The van der Waals surface area contributed by atoms with Gasteiger partial charge in [-0.2, -0.15) is 0 Å². The molecule has 0 amide bonds. The van der Waals surface area contributed by atoms with Crippen molar-refractivity contribution in [3.05, 3.63) is 59.9 Å². The van der Waals surface area contributed by atoms with Crippen molar-refractivity contribution in [3.63, 3.8) is 0 Å². The van der Waals surface area contributed by atoms with Crippen molar-refractivity contribution in [2.45, 2.75) is 5.92 Å². The number of nitrogens with one attached hydrogen (secondary N) is 1. The minimum Gasteiger partial charge on any atom is -0.493 e. The number of anilines is 1. The van der Waals surface area contributed by atoms with Crippen molar-refractivity contribution in [1.29, 1.82) is 0 Å². The normalized spacial score (nSPS) is 16.4. The van der Waals surface area contributed by atoms with Gasteiger partial charge in [-0.15, -0.1) is 0 Å². The number of nitrogens with zero attached hydrogens (tertiary/aromatic N) is 4. The van der Waals surface area contributed by atoms with Crippen LogP contribution in [0.25, 0.3) is 22.8 Å². The molecule has 8 nitrogen and oxygen atoms in total. The van der Waals surface area contributed by atoms with Crippen molar-refractivity contribution < 1.29 is 9.13 Å². The number of benzene rings is 1. The van der Waals surface area contributed by atoms with E-state index in [1.165, 1.54) is 12.1 Å². The summed E-state index contributed by atoms with van der Waals surface area (Å²) in [5, 5.41) is 0. The minimum absolute atomic E-state index is 0.147. The molecule has 2 aromatic heterocycles. The molecule has 1 atom stereocenters. The molecule has 1 aliphatic rings. The first-order chi connectivity index (χ1) is 13.5. The summed E-state index contributed by atoms with van der Waals surface area (Å²) in [5.41, 5.74) is 14.3. The number of halogens is 1. The monoisotopic (exact) mass is 379 g/mol. The highest BCUT2D eigenvalue weighted by molar-refractivity contribution is 5.96. The van der Waals surface area contributed by atoms with Crippen LogP contribution < -0.4 is 11.5 Å². The number of methoxy groups -OCH3 is 1. The Kier molecular flexibility index (Phi) is 4.48. The van der Waals surface area contributed by atoms with Crippen LogP contribution >= 0.6 is 0 Å². The number of ether oxygens (including phenoxy) is 1. The van der Waals surface area contributed by atoms with Crippen molar-refractivity contribution >= 4 is 11.8 Å². The number of rotatable bonds is 4. The molecule has 3 heterocycles.